The third kappa shape index (κ3) is 2.55. The van der Waals surface area contributed by atoms with E-state index in [1.807, 2.05) is 6.20 Å². The smallest absolute Gasteiger partial charge is 0.0434 e. The van der Waals surface area contributed by atoms with Gasteiger partial charge >= 0.3 is 0 Å². The largest absolute Gasteiger partial charge is 0.261 e. The lowest BCUT2D eigenvalue weighted by atomic mass is 9.98. The Morgan fingerprint density at radius 2 is 2.00 bits per heavy atom. The van der Waals surface area contributed by atoms with Crippen LogP contribution >= 0.6 is 0 Å². The van der Waals surface area contributed by atoms with Gasteiger partial charge in [0.15, 0.2) is 0 Å². The van der Waals surface area contributed by atoms with Crippen molar-refractivity contribution < 1.29 is 0 Å². The molecule has 72 valence electrons. The highest BCUT2D eigenvalue weighted by Gasteiger charge is 2.06. The predicted molar refractivity (Wildman–Crippen MR) is 57.0 cm³/mol. The highest BCUT2D eigenvalue weighted by molar-refractivity contribution is 5.21. The SMILES string of the molecule is CC[C@@H](C)c1cc(C(C)C)ccn1. The minimum atomic E-state index is 0.582. The molecule has 0 saturated carbocycles. The molecule has 1 nitrogen and oxygen atoms in total. The molecule has 1 aromatic heterocycles. The van der Waals surface area contributed by atoms with Crippen LogP contribution in [0.4, 0.5) is 0 Å². The standard InChI is InChI=1S/C12H19N/c1-5-10(4)12-8-11(9(2)3)6-7-13-12/h6-10H,5H2,1-4H3/t10-/m1/s1. The first-order valence-electron chi connectivity index (χ1n) is 5.11. The van der Waals surface area contributed by atoms with Crippen molar-refractivity contribution in [2.24, 2.45) is 0 Å². The maximum Gasteiger partial charge on any atom is 0.0434 e. The summed E-state index contributed by atoms with van der Waals surface area (Å²) in [6, 6.07) is 4.34. The van der Waals surface area contributed by atoms with Crippen molar-refractivity contribution in [2.75, 3.05) is 0 Å². The lowest BCUT2D eigenvalue weighted by Crippen LogP contribution is -1.97. The molecule has 13 heavy (non-hydrogen) atoms. The molecule has 1 heteroatoms. The molecule has 0 N–H and O–H groups in total. The van der Waals surface area contributed by atoms with Crippen molar-refractivity contribution in [1.29, 1.82) is 0 Å². The fourth-order valence-corrected chi connectivity index (χ4v) is 1.30. The lowest BCUT2D eigenvalue weighted by Gasteiger charge is -2.11. The van der Waals surface area contributed by atoms with E-state index in [4.69, 9.17) is 0 Å². The van der Waals surface area contributed by atoms with Crippen molar-refractivity contribution in [2.45, 2.75) is 46.0 Å². The van der Waals surface area contributed by atoms with Crippen LogP contribution < -0.4 is 0 Å². The molecule has 0 spiro atoms. The number of hydrogen-bond acceptors (Lipinski definition) is 1. The Kier molecular flexibility index (Phi) is 3.47. The van der Waals surface area contributed by atoms with Crippen molar-refractivity contribution in [3.05, 3.63) is 29.6 Å². The van der Waals surface area contributed by atoms with Gasteiger partial charge in [0, 0.05) is 11.9 Å². The van der Waals surface area contributed by atoms with Crippen molar-refractivity contribution in [3.8, 4) is 0 Å². The zero-order valence-corrected chi connectivity index (χ0v) is 9.04. The van der Waals surface area contributed by atoms with E-state index in [0.717, 1.165) is 6.42 Å². The second kappa shape index (κ2) is 4.40. The maximum absolute atomic E-state index is 4.39. The molecule has 0 radical (unpaired) electrons. The molecule has 0 bridgehead atoms. The van der Waals surface area contributed by atoms with Crippen molar-refractivity contribution in [1.82, 2.24) is 4.98 Å². The van der Waals surface area contributed by atoms with E-state index < -0.39 is 0 Å². The van der Waals surface area contributed by atoms with Crippen LogP contribution in [0.1, 0.15) is 57.2 Å². The van der Waals surface area contributed by atoms with Crippen molar-refractivity contribution >= 4 is 0 Å². The quantitative estimate of drug-likeness (QED) is 0.685. The van der Waals surface area contributed by atoms with E-state index in [0.29, 0.717) is 11.8 Å². The fourth-order valence-electron chi connectivity index (χ4n) is 1.30. The third-order valence-corrected chi connectivity index (χ3v) is 2.59. The Hall–Kier alpha value is -0.850. The minimum absolute atomic E-state index is 0.582. The Morgan fingerprint density at radius 3 is 2.54 bits per heavy atom. The van der Waals surface area contributed by atoms with Gasteiger partial charge in [-0.25, -0.2) is 0 Å². The molecule has 0 aromatic carbocycles. The molecule has 1 heterocycles. The molecule has 0 fully saturated rings. The number of rotatable bonds is 3. The summed E-state index contributed by atoms with van der Waals surface area (Å²) in [4.78, 5) is 4.39. The Bertz CT molecular complexity index is 266. The summed E-state index contributed by atoms with van der Waals surface area (Å²) in [5.74, 6) is 1.18. The zero-order valence-electron chi connectivity index (χ0n) is 9.04. The molecule has 1 atom stereocenters. The molecular weight excluding hydrogens is 158 g/mol. The average molecular weight is 177 g/mol. The van der Waals surface area contributed by atoms with Gasteiger partial charge in [-0.15, -0.1) is 0 Å². The molecule has 0 saturated heterocycles. The number of aromatic nitrogens is 1. The zero-order chi connectivity index (χ0) is 9.84. The molecule has 0 aliphatic heterocycles. The Balaban J connectivity index is 2.91. The number of hydrogen-bond donors (Lipinski definition) is 0. The van der Waals surface area contributed by atoms with Crippen LogP contribution in [-0.4, -0.2) is 4.98 Å². The monoisotopic (exact) mass is 177 g/mol. The van der Waals surface area contributed by atoms with Gasteiger partial charge in [-0.2, -0.15) is 0 Å². The molecule has 1 aromatic rings. The van der Waals surface area contributed by atoms with Gasteiger partial charge in [-0.05, 0) is 36.0 Å². The highest BCUT2D eigenvalue weighted by atomic mass is 14.7. The van der Waals surface area contributed by atoms with Gasteiger partial charge in [0.2, 0.25) is 0 Å². The lowest BCUT2D eigenvalue weighted by molar-refractivity contribution is 0.703. The Morgan fingerprint density at radius 1 is 1.31 bits per heavy atom. The summed E-state index contributed by atoms with van der Waals surface area (Å²) in [6.45, 7) is 8.87. The van der Waals surface area contributed by atoms with Gasteiger partial charge in [0.05, 0.1) is 0 Å². The summed E-state index contributed by atoms with van der Waals surface area (Å²) in [7, 11) is 0. The van der Waals surface area contributed by atoms with Crippen LogP contribution in [-0.2, 0) is 0 Å². The molecule has 0 aliphatic rings. The van der Waals surface area contributed by atoms with Gasteiger partial charge in [0.1, 0.15) is 0 Å². The first-order chi connectivity index (χ1) is 6.15. The topological polar surface area (TPSA) is 12.9 Å². The van der Waals surface area contributed by atoms with Gasteiger partial charge in [-0.1, -0.05) is 27.7 Å². The highest BCUT2D eigenvalue weighted by Crippen LogP contribution is 2.20. The van der Waals surface area contributed by atoms with Crippen LogP contribution in [0.15, 0.2) is 18.3 Å². The summed E-state index contributed by atoms with van der Waals surface area (Å²) >= 11 is 0. The van der Waals surface area contributed by atoms with E-state index in [1.54, 1.807) is 0 Å². The summed E-state index contributed by atoms with van der Waals surface area (Å²) in [6.07, 6.45) is 3.09. The second-order valence-electron chi connectivity index (χ2n) is 3.98. The first kappa shape index (κ1) is 10.2. The fraction of sp³-hybridized carbons (Fsp3) is 0.583. The van der Waals surface area contributed by atoms with Crippen LogP contribution in [0, 0.1) is 0 Å². The van der Waals surface area contributed by atoms with E-state index in [9.17, 15) is 0 Å². The van der Waals surface area contributed by atoms with Crippen LogP contribution in [0.3, 0.4) is 0 Å². The van der Waals surface area contributed by atoms with Gasteiger partial charge in [-0.3, -0.25) is 4.98 Å². The predicted octanol–water partition coefficient (Wildman–Crippen LogP) is 3.72. The molecule has 0 amide bonds. The molecule has 0 aliphatic carbocycles. The van der Waals surface area contributed by atoms with Crippen LogP contribution in [0.25, 0.3) is 0 Å². The van der Waals surface area contributed by atoms with E-state index in [-0.39, 0.29) is 0 Å². The van der Waals surface area contributed by atoms with E-state index in [1.165, 1.54) is 11.3 Å². The second-order valence-corrected chi connectivity index (χ2v) is 3.98. The average Bonchev–Trinajstić information content (AvgIpc) is 2.17. The van der Waals surface area contributed by atoms with Crippen LogP contribution in [0.2, 0.25) is 0 Å². The summed E-state index contributed by atoms with van der Waals surface area (Å²) in [5, 5.41) is 0. The normalized spacial score (nSPS) is 13.3. The van der Waals surface area contributed by atoms with Crippen molar-refractivity contribution in [3.63, 3.8) is 0 Å². The third-order valence-electron chi connectivity index (χ3n) is 2.59. The molecule has 1 rings (SSSR count). The summed E-state index contributed by atoms with van der Waals surface area (Å²) < 4.78 is 0. The number of pyridine rings is 1. The minimum Gasteiger partial charge on any atom is -0.261 e. The Labute approximate surface area is 81.2 Å². The number of nitrogens with zero attached hydrogens (tertiary/aromatic N) is 1. The first-order valence-corrected chi connectivity index (χ1v) is 5.11. The molecule has 0 unspecified atom stereocenters. The van der Waals surface area contributed by atoms with Gasteiger partial charge < -0.3 is 0 Å². The van der Waals surface area contributed by atoms with Gasteiger partial charge in [0.25, 0.3) is 0 Å². The van der Waals surface area contributed by atoms with E-state index >= 15 is 0 Å². The summed E-state index contributed by atoms with van der Waals surface area (Å²) in [5.41, 5.74) is 2.62. The maximum atomic E-state index is 4.39. The molecular formula is C12H19N. The van der Waals surface area contributed by atoms with E-state index in [2.05, 4.69) is 44.8 Å². The van der Waals surface area contributed by atoms with Crippen LogP contribution in [0.5, 0.6) is 0 Å².